The lowest BCUT2D eigenvalue weighted by Crippen LogP contribution is -2.49. The number of aliphatic imine (C=N–C) groups is 1. The Kier molecular flexibility index (Phi) is 7.91. The first-order valence-electron chi connectivity index (χ1n) is 10.8. The maximum atomic E-state index is 12.7. The van der Waals surface area contributed by atoms with Crippen LogP contribution >= 0.6 is 0 Å². The van der Waals surface area contributed by atoms with Gasteiger partial charge in [-0.3, -0.25) is 4.99 Å². The van der Waals surface area contributed by atoms with Crippen LogP contribution in [0.25, 0.3) is 5.57 Å². The van der Waals surface area contributed by atoms with Gasteiger partial charge in [0.2, 0.25) is 10.0 Å². The van der Waals surface area contributed by atoms with Crippen LogP contribution in [-0.2, 0) is 14.8 Å². The van der Waals surface area contributed by atoms with Crippen molar-refractivity contribution >= 4 is 21.6 Å². The summed E-state index contributed by atoms with van der Waals surface area (Å²) in [4.78, 5) is 6.80. The molecule has 2 aliphatic heterocycles. The molecule has 2 atom stereocenters. The lowest BCUT2D eigenvalue weighted by atomic mass is 10.00. The van der Waals surface area contributed by atoms with Crippen LogP contribution in [0.5, 0.6) is 0 Å². The van der Waals surface area contributed by atoms with Gasteiger partial charge in [-0.2, -0.15) is 4.31 Å². The molecule has 1 aromatic carbocycles. The van der Waals surface area contributed by atoms with Crippen molar-refractivity contribution in [1.82, 2.24) is 14.5 Å². The van der Waals surface area contributed by atoms with Crippen LogP contribution in [0.4, 0.5) is 0 Å². The van der Waals surface area contributed by atoms with E-state index < -0.39 is 10.0 Å². The summed E-state index contributed by atoms with van der Waals surface area (Å²) in [6, 6.07) is 10.4. The van der Waals surface area contributed by atoms with E-state index in [1.165, 1.54) is 11.1 Å². The van der Waals surface area contributed by atoms with Crippen LogP contribution in [0.15, 0.2) is 41.4 Å². The second-order valence-electron chi connectivity index (χ2n) is 7.92. The van der Waals surface area contributed by atoms with Crippen LogP contribution in [0.3, 0.4) is 0 Å². The molecule has 0 amide bonds. The first-order valence-corrected chi connectivity index (χ1v) is 12.4. The molecule has 30 heavy (non-hydrogen) atoms. The van der Waals surface area contributed by atoms with Crippen LogP contribution in [-0.4, -0.2) is 80.8 Å². The van der Waals surface area contributed by atoms with Gasteiger partial charge in [-0.05, 0) is 38.3 Å². The van der Waals surface area contributed by atoms with Gasteiger partial charge in [0.15, 0.2) is 5.96 Å². The number of benzene rings is 1. The van der Waals surface area contributed by atoms with Crippen LogP contribution in [0.2, 0.25) is 0 Å². The van der Waals surface area contributed by atoms with E-state index in [0.29, 0.717) is 13.1 Å². The molecule has 1 N–H and O–H groups in total. The molecule has 0 aromatic heterocycles. The number of ether oxygens (including phenoxy) is 1. The van der Waals surface area contributed by atoms with Crippen molar-refractivity contribution in [1.29, 1.82) is 0 Å². The molecular weight excluding hydrogens is 400 g/mol. The summed E-state index contributed by atoms with van der Waals surface area (Å²) in [7, 11) is -3.35. The molecule has 0 spiro atoms. The van der Waals surface area contributed by atoms with Crippen molar-refractivity contribution < 1.29 is 13.2 Å². The average Bonchev–Trinajstić information content (AvgIpc) is 2.73. The lowest BCUT2D eigenvalue weighted by Gasteiger charge is -2.34. The van der Waals surface area contributed by atoms with Gasteiger partial charge in [-0.25, -0.2) is 8.42 Å². The van der Waals surface area contributed by atoms with Gasteiger partial charge in [0.1, 0.15) is 0 Å². The van der Waals surface area contributed by atoms with Crippen LogP contribution in [0.1, 0.15) is 32.8 Å². The predicted octanol–water partition coefficient (Wildman–Crippen LogP) is 2.18. The molecule has 2 aliphatic rings. The molecular formula is C22H34N4O3S. The molecule has 7 nitrogen and oxygen atoms in total. The summed E-state index contributed by atoms with van der Waals surface area (Å²) in [5.41, 5.74) is 2.61. The standard InChI is InChI=1S/C22H34N4O3S/c1-4-23-22(25-13-10-21(11-14-25)20-8-6-5-7-9-20)24-12-15-30(27,28)26-16-18(2)29-19(3)17-26/h5-10,18-19H,4,11-17H2,1-3H3,(H,23,24). The average molecular weight is 435 g/mol. The summed E-state index contributed by atoms with van der Waals surface area (Å²) < 4.78 is 32.7. The Morgan fingerprint density at radius 3 is 2.50 bits per heavy atom. The number of hydrogen-bond acceptors (Lipinski definition) is 4. The largest absolute Gasteiger partial charge is 0.373 e. The zero-order chi connectivity index (χ0) is 21.6. The number of hydrogen-bond donors (Lipinski definition) is 1. The highest BCUT2D eigenvalue weighted by molar-refractivity contribution is 7.89. The minimum absolute atomic E-state index is 0.0142. The van der Waals surface area contributed by atoms with Crippen LogP contribution in [0, 0.1) is 0 Å². The Bertz CT molecular complexity index is 844. The highest BCUT2D eigenvalue weighted by Gasteiger charge is 2.30. The Balaban J connectivity index is 1.60. The number of guanidine groups is 1. The molecule has 2 unspecified atom stereocenters. The molecule has 0 bridgehead atoms. The molecule has 2 heterocycles. The SMILES string of the molecule is CCNC(=NCCS(=O)(=O)N1CC(C)OC(C)C1)N1CC=C(c2ccccc2)CC1. The van der Waals surface area contributed by atoms with Gasteiger partial charge >= 0.3 is 0 Å². The summed E-state index contributed by atoms with van der Waals surface area (Å²) in [6.07, 6.45) is 3.02. The predicted molar refractivity (Wildman–Crippen MR) is 122 cm³/mol. The molecule has 0 saturated carbocycles. The Morgan fingerprint density at radius 1 is 1.20 bits per heavy atom. The molecule has 1 fully saturated rings. The smallest absolute Gasteiger partial charge is 0.216 e. The van der Waals surface area contributed by atoms with Crippen LogP contribution < -0.4 is 5.32 Å². The van der Waals surface area contributed by atoms with Crippen molar-refractivity contribution in [2.45, 2.75) is 39.4 Å². The van der Waals surface area contributed by atoms with Gasteiger partial charge < -0.3 is 15.0 Å². The number of rotatable bonds is 6. The number of nitrogens with one attached hydrogen (secondary N) is 1. The summed E-state index contributed by atoms with van der Waals surface area (Å²) in [6.45, 7) is 9.29. The van der Waals surface area contributed by atoms with E-state index in [-0.39, 0.29) is 24.5 Å². The Morgan fingerprint density at radius 2 is 1.90 bits per heavy atom. The maximum absolute atomic E-state index is 12.7. The van der Waals surface area contributed by atoms with Gasteiger partial charge in [0.25, 0.3) is 0 Å². The molecule has 166 valence electrons. The van der Waals surface area contributed by atoms with Crippen molar-refractivity contribution in [3.8, 4) is 0 Å². The van der Waals surface area contributed by atoms with Gasteiger partial charge in [0, 0.05) is 32.7 Å². The monoisotopic (exact) mass is 434 g/mol. The van der Waals surface area contributed by atoms with Crippen molar-refractivity contribution in [2.75, 3.05) is 45.0 Å². The molecule has 1 aromatic rings. The third-order valence-electron chi connectivity index (χ3n) is 5.38. The fraction of sp³-hybridized carbons (Fsp3) is 0.591. The molecule has 1 saturated heterocycles. The van der Waals surface area contributed by atoms with E-state index in [4.69, 9.17) is 4.74 Å². The second kappa shape index (κ2) is 10.4. The molecule has 0 aliphatic carbocycles. The second-order valence-corrected chi connectivity index (χ2v) is 10.0. The third kappa shape index (κ3) is 6.06. The third-order valence-corrected chi connectivity index (χ3v) is 7.16. The topological polar surface area (TPSA) is 74.2 Å². The Labute approximate surface area is 180 Å². The summed E-state index contributed by atoms with van der Waals surface area (Å²) >= 11 is 0. The number of nitrogens with zero attached hydrogens (tertiary/aromatic N) is 3. The molecule has 8 heteroatoms. The number of sulfonamides is 1. The van der Waals surface area contributed by atoms with E-state index in [2.05, 4.69) is 45.6 Å². The first-order chi connectivity index (χ1) is 14.4. The lowest BCUT2D eigenvalue weighted by molar-refractivity contribution is -0.0440. The zero-order valence-corrected chi connectivity index (χ0v) is 19.1. The van der Waals surface area contributed by atoms with E-state index in [1.807, 2.05) is 26.8 Å². The summed E-state index contributed by atoms with van der Waals surface area (Å²) in [5, 5.41) is 3.31. The molecule has 0 radical (unpaired) electrons. The van der Waals surface area contributed by atoms with Crippen molar-refractivity contribution in [3.05, 3.63) is 42.0 Å². The zero-order valence-electron chi connectivity index (χ0n) is 18.3. The minimum Gasteiger partial charge on any atom is -0.373 e. The van der Waals surface area contributed by atoms with E-state index in [0.717, 1.165) is 32.0 Å². The van der Waals surface area contributed by atoms with Gasteiger partial charge in [-0.15, -0.1) is 0 Å². The fourth-order valence-electron chi connectivity index (χ4n) is 3.96. The van der Waals surface area contributed by atoms with E-state index in [1.54, 1.807) is 4.31 Å². The maximum Gasteiger partial charge on any atom is 0.216 e. The van der Waals surface area contributed by atoms with Crippen molar-refractivity contribution in [2.24, 2.45) is 4.99 Å². The van der Waals surface area contributed by atoms with E-state index in [9.17, 15) is 8.42 Å². The van der Waals surface area contributed by atoms with Gasteiger partial charge in [0.05, 0.1) is 24.5 Å². The van der Waals surface area contributed by atoms with Gasteiger partial charge in [-0.1, -0.05) is 36.4 Å². The number of morpholine rings is 1. The summed E-state index contributed by atoms with van der Waals surface area (Å²) in [5.74, 6) is 0.792. The van der Waals surface area contributed by atoms with E-state index >= 15 is 0 Å². The molecule has 3 rings (SSSR count). The normalized spacial score (nSPS) is 23.9. The highest BCUT2D eigenvalue weighted by Crippen LogP contribution is 2.22. The fourth-order valence-corrected chi connectivity index (χ4v) is 5.41. The Hall–Kier alpha value is -1.90. The quantitative estimate of drug-likeness (QED) is 0.549. The first kappa shape index (κ1) is 22.8. The minimum atomic E-state index is -3.35. The van der Waals surface area contributed by atoms with Crippen molar-refractivity contribution in [3.63, 3.8) is 0 Å². The highest BCUT2D eigenvalue weighted by atomic mass is 32.2.